The highest BCUT2D eigenvalue weighted by Crippen LogP contribution is 2.30. The van der Waals surface area contributed by atoms with Crippen molar-refractivity contribution in [1.29, 1.82) is 0 Å². The first-order chi connectivity index (χ1) is 27.1. The number of carbonyl (C=O) groups is 4. The van der Waals surface area contributed by atoms with Crippen molar-refractivity contribution in [3.05, 3.63) is 71.8 Å². The molecular formula is C42H58N2O12. The summed E-state index contributed by atoms with van der Waals surface area (Å²) in [6.07, 6.45) is 5.36. The number of likely N-dealkylation sites (tertiary alicyclic amines) is 2. The molecule has 0 bridgehead atoms. The van der Waals surface area contributed by atoms with E-state index in [1.807, 2.05) is 60.7 Å². The predicted octanol–water partition coefficient (Wildman–Crippen LogP) is 5.01. The Balaban J connectivity index is 0.000000214. The molecule has 2 aromatic rings. The first-order valence-corrected chi connectivity index (χ1v) is 19.8. The summed E-state index contributed by atoms with van der Waals surface area (Å²) >= 11 is 0. The molecule has 4 atom stereocenters. The zero-order valence-corrected chi connectivity index (χ0v) is 32.6. The number of rotatable bonds is 12. The zero-order valence-electron chi connectivity index (χ0n) is 32.6. The van der Waals surface area contributed by atoms with Gasteiger partial charge in [0.15, 0.2) is 0 Å². The molecule has 308 valence electrons. The Kier molecular flexibility index (Phi) is 16.8. The van der Waals surface area contributed by atoms with Crippen molar-refractivity contribution in [2.75, 3.05) is 40.5 Å². The number of esters is 2. The van der Waals surface area contributed by atoms with Crippen LogP contribution in [0.3, 0.4) is 0 Å². The van der Waals surface area contributed by atoms with Crippen molar-refractivity contribution < 1.29 is 57.8 Å². The highest BCUT2D eigenvalue weighted by molar-refractivity contribution is 5.72. The Morgan fingerprint density at radius 3 is 1.27 bits per heavy atom. The van der Waals surface area contributed by atoms with Crippen molar-refractivity contribution >= 4 is 24.1 Å². The summed E-state index contributed by atoms with van der Waals surface area (Å²) in [5.41, 5.74) is 1.84. The third-order valence-electron chi connectivity index (χ3n) is 11.1. The molecule has 0 aromatic heterocycles. The maximum Gasteiger partial charge on any atom is 0.410 e. The molecule has 2 aromatic carbocycles. The Hall–Kier alpha value is -4.24. The summed E-state index contributed by atoms with van der Waals surface area (Å²) in [6.45, 7) is 1.67. The first kappa shape index (κ1) is 42.9. The highest BCUT2D eigenvalue weighted by Gasteiger charge is 2.38. The van der Waals surface area contributed by atoms with Gasteiger partial charge in [0.1, 0.15) is 13.2 Å². The number of nitrogens with zero attached hydrogens (tertiary/aromatic N) is 2. The lowest BCUT2D eigenvalue weighted by Gasteiger charge is -2.29. The van der Waals surface area contributed by atoms with Gasteiger partial charge in [0.2, 0.25) is 0 Å². The number of carbonyl (C=O) groups excluding carboxylic acids is 4. The zero-order chi connectivity index (χ0) is 39.9. The quantitative estimate of drug-likeness (QED) is 0.218. The van der Waals surface area contributed by atoms with Crippen LogP contribution in [-0.4, -0.2) is 121 Å². The fourth-order valence-electron chi connectivity index (χ4n) is 7.91. The summed E-state index contributed by atoms with van der Waals surface area (Å²) in [7, 11) is 2.84. The molecule has 2 saturated carbocycles. The van der Waals surface area contributed by atoms with Gasteiger partial charge in [-0.2, -0.15) is 0 Å². The number of β-amino-alcohol motifs (C(OH)–C–C–N with tert-alkyl or cyclic N) is 2. The number of hydrogen-bond donors (Lipinski definition) is 2. The molecule has 14 nitrogen and oxygen atoms in total. The van der Waals surface area contributed by atoms with Gasteiger partial charge in [-0.15, -0.1) is 0 Å². The number of methoxy groups -OCH3 is 2. The van der Waals surface area contributed by atoms with Gasteiger partial charge in [0, 0.05) is 0 Å². The van der Waals surface area contributed by atoms with Crippen LogP contribution in [0.2, 0.25) is 0 Å². The second kappa shape index (κ2) is 21.9. The minimum atomic E-state index is -0.562. The van der Waals surface area contributed by atoms with Crippen molar-refractivity contribution in [3.8, 4) is 0 Å². The van der Waals surface area contributed by atoms with Gasteiger partial charge in [-0.05, 0) is 75.3 Å². The third-order valence-corrected chi connectivity index (χ3v) is 11.1. The van der Waals surface area contributed by atoms with Gasteiger partial charge in [-0.3, -0.25) is 9.59 Å². The lowest BCUT2D eigenvalue weighted by Crippen LogP contribution is -2.40. The van der Waals surface area contributed by atoms with E-state index in [4.69, 9.17) is 28.4 Å². The molecule has 0 radical (unpaired) electrons. The molecule has 0 unspecified atom stereocenters. The van der Waals surface area contributed by atoms with Gasteiger partial charge in [0.05, 0.1) is 88.9 Å². The van der Waals surface area contributed by atoms with E-state index in [0.29, 0.717) is 26.1 Å². The Morgan fingerprint density at radius 1 is 0.571 bits per heavy atom. The largest absolute Gasteiger partial charge is 0.469 e. The number of aliphatic hydroxyl groups excluding tert-OH is 2. The van der Waals surface area contributed by atoms with Crippen LogP contribution in [-0.2, 0) is 51.2 Å². The van der Waals surface area contributed by atoms with Crippen LogP contribution in [0.4, 0.5) is 9.59 Å². The Bertz CT molecular complexity index is 1400. The lowest BCUT2D eigenvalue weighted by molar-refractivity contribution is -0.148. The summed E-state index contributed by atoms with van der Waals surface area (Å²) in [5, 5.41) is 20.0. The molecule has 6 rings (SSSR count). The van der Waals surface area contributed by atoms with Gasteiger partial charge >= 0.3 is 24.1 Å². The van der Waals surface area contributed by atoms with E-state index < -0.39 is 24.4 Å². The van der Waals surface area contributed by atoms with E-state index in [1.54, 1.807) is 9.80 Å². The van der Waals surface area contributed by atoms with E-state index in [-0.39, 0.29) is 74.4 Å². The van der Waals surface area contributed by atoms with Crippen LogP contribution < -0.4 is 0 Å². The van der Waals surface area contributed by atoms with E-state index in [9.17, 15) is 29.4 Å². The molecule has 14 heteroatoms. The topological polar surface area (TPSA) is 171 Å². The molecule has 2 aliphatic heterocycles. The van der Waals surface area contributed by atoms with Gasteiger partial charge in [-0.1, -0.05) is 60.7 Å². The summed E-state index contributed by atoms with van der Waals surface area (Å²) in [5.74, 6) is -0.375. The maximum absolute atomic E-state index is 12.5. The van der Waals surface area contributed by atoms with Crippen LogP contribution >= 0.6 is 0 Å². The van der Waals surface area contributed by atoms with E-state index in [0.717, 1.165) is 62.5 Å². The van der Waals surface area contributed by atoms with Crippen LogP contribution in [0.5, 0.6) is 0 Å². The molecular weight excluding hydrogens is 724 g/mol. The summed E-state index contributed by atoms with van der Waals surface area (Å²) in [4.78, 5) is 51.3. The van der Waals surface area contributed by atoms with Gasteiger partial charge in [-0.25, -0.2) is 9.59 Å². The molecule has 0 spiro atoms. The van der Waals surface area contributed by atoms with Crippen molar-refractivity contribution in [3.63, 3.8) is 0 Å². The van der Waals surface area contributed by atoms with E-state index >= 15 is 0 Å². The second-order valence-corrected chi connectivity index (χ2v) is 15.1. The third kappa shape index (κ3) is 12.9. The van der Waals surface area contributed by atoms with Crippen molar-refractivity contribution in [2.24, 2.45) is 11.8 Å². The summed E-state index contributed by atoms with van der Waals surface area (Å²) in [6, 6.07) is 18.6. The van der Waals surface area contributed by atoms with Crippen molar-refractivity contribution in [1.82, 2.24) is 9.80 Å². The molecule has 2 heterocycles. The maximum atomic E-state index is 12.5. The fourth-order valence-corrected chi connectivity index (χ4v) is 7.91. The van der Waals surface area contributed by atoms with E-state index in [2.05, 4.69) is 0 Å². The monoisotopic (exact) mass is 782 g/mol. The van der Waals surface area contributed by atoms with Crippen LogP contribution in [0.15, 0.2) is 60.7 Å². The minimum Gasteiger partial charge on any atom is -0.469 e. The summed E-state index contributed by atoms with van der Waals surface area (Å²) < 4.78 is 32.4. The standard InChI is InChI=1S/2C21H29NO6/c2*1-26-20(24)16-7-9-19(10-8-16)27-14-17-11-18(23)12-22(17)21(25)28-13-15-5-3-2-4-6-15/h2*2-6,16-19,23H,7-14H2,1H3/t2*16?,17-,18+,19?/m00/s1. The molecule has 56 heavy (non-hydrogen) atoms. The molecule has 2 amide bonds. The van der Waals surface area contributed by atoms with Crippen LogP contribution in [0.1, 0.15) is 75.3 Å². The minimum absolute atomic E-state index is 0.0392. The first-order valence-electron chi connectivity index (χ1n) is 19.8. The number of ether oxygens (including phenoxy) is 6. The van der Waals surface area contributed by atoms with Gasteiger partial charge in [0.25, 0.3) is 0 Å². The van der Waals surface area contributed by atoms with Crippen LogP contribution in [0, 0.1) is 11.8 Å². The molecule has 4 fully saturated rings. The fraction of sp³-hybridized carbons (Fsp3) is 0.619. The molecule has 2 aliphatic carbocycles. The Morgan fingerprint density at radius 2 is 0.929 bits per heavy atom. The van der Waals surface area contributed by atoms with Gasteiger partial charge < -0.3 is 48.4 Å². The SMILES string of the molecule is COC(=O)C1CCC(OC[C@@H]2C[C@@H](O)CN2C(=O)OCc2ccccc2)CC1.COC(=O)C1CCC(OC[C@@H]2C[C@@H](O)CN2C(=O)OCc2ccccc2)CC1. The normalized spacial score (nSPS) is 27.4. The number of aliphatic hydroxyl groups is 2. The van der Waals surface area contributed by atoms with Crippen molar-refractivity contribution in [2.45, 2.75) is 114 Å². The van der Waals surface area contributed by atoms with Crippen LogP contribution in [0.25, 0.3) is 0 Å². The van der Waals surface area contributed by atoms with E-state index in [1.165, 1.54) is 14.2 Å². The average molecular weight is 783 g/mol. The Labute approximate surface area is 329 Å². The lowest BCUT2D eigenvalue weighted by atomic mass is 9.87. The average Bonchev–Trinajstić information content (AvgIpc) is 3.82. The molecule has 2 saturated heterocycles. The number of hydrogen-bond acceptors (Lipinski definition) is 12. The smallest absolute Gasteiger partial charge is 0.410 e. The highest BCUT2D eigenvalue weighted by atomic mass is 16.6. The second-order valence-electron chi connectivity index (χ2n) is 15.1. The molecule has 4 aliphatic rings. The molecule has 2 N–H and O–H groups in total. The predicted molar refractivity (Wildman–Crippen MR) is 203 cm³/mol. The number of benzene rings is 2. The number of amides is 2.